The summed E-state index contributed by atoms with van der Waals surface area (Å²) in [6.07, 6.45) is 2.68. The van der Waals surface area contributed by atoms with Crippen LogP contribution < -0.4 is 4.74 Å². The average molecular weight is 446 g/mol. The van der Waals surface area contributed by atoms with Crippen LogP contribution in [0.5, 0.6) is 5.75 Å². The maximum absolute atomic E-state index is 13.7. The van der Waals surface area contributed by atoms with Crippen LogP contribution in [0, 0.1) is 5.92 Å². The highest BCUT2D eigenvalue weighted by atomic mass is 16.5. The van der Waals surface area contributed by atoms with E-state index in [2.05, 4.69) is 21.6 Å². The van der Waals surface area contributed by atoms with Gasteiger partial charge in [-0.15, -0.1) is 0 Å². The minimum Gasteiger partial charge on any atom is -0.497 e. The summed E-state index contributed by atoms with van der Waals surface area (Å²) in [4.78, 5) is 18.1. The van der Waals surface area contributed by atoms with Gasteiger partial charge in [0.05, 0.1) is 25.3 Å². The van der Waals surface area contributed by atoms with Crippen molar-refractivity contribution in [3.63, 3.8) is 0 Å². The molecular weight excluding hydrogens is 414 g/mol. The number of carbonyl (C=O) groups excluding carboxylic acids is 1. The quantitative estimate of drug-likeness (QED) is 0.655. The zero-order valence-electron chi connectivity index (χ0n) is 19.3. The first kappa shape index (κ1) is 20.8. The van der Waals surface area contributed by atoms with Crippen LogP contribution in [0.3, 0.4) is 0 Å². The molecule has 6 nitrogen and oxygen atoms in total. The van der Waals surface area contributed by atoms with Gasteiger partial charge in [-0.3, -0.25) is 4.79 Å². The Hall–Kier alpha value is -2.83. The Kier molecular flexibility index (Phi) is 4.78. The number of amides is 1. The van der Waals surface area contributed by atoms with Crippen molar-refractivity contribution >= 4 is 16.8 Å². The van der Waals surface area contributed by atoms with Crippen LogP contribution in [-0.2, 0) is 12.5 Å². The normalized spacial score (nSPS) is 21.8. The molecule has 6 heteroatoms. The van der Waals surface area contributed by atoms with Crippen molar-refractivity contribution in [2.75, 3.05) is 39.9 Å². The minimum absolute atomic E-state index is 0.0110. The highest BCUT2D eigenvalue weighted by molar-refractivity contribution is 5.96. The molecule has 1 spiro atoms. The number of carbonyl (C=O) groups is 1. The molecule has 0 unspecified atom stereocenters. The molecule has 1 aliphatic carbocycles. The van der Waals surface area contributed by atoms with Gasteiger partial charge in [0.1, 0.15) is 5.75 Å². The highest BCUT2D eigenvalue weighted by Crippen LogP contribution is 2.50. The van der Waals surface area contributed by atoms with E-state index in [1.165, 1.54) is 23.8 Å². The van der Waals surface area contributed by atoms with E-state index in [1.54, 1.807) is 7.11 Å². The van der Waals surface area contributed by atoms with Gasteiger partial charge >= 0.3 is 0 Å². The maximum Gasteiger partial charge on any atom is 0.254 e. The third-order valence-corrected chi connectivity index (χ3v) is 7.87. The van der Waals surface area contributed by atoms with E-state index in [9.17, 15) is 9.90 Å². The van der Waals surface area contributed by atoms with Crippen molar-refractivity contribution < 1.29 is 14.6 Å². The molecule has 172 valence electrons. The number of aliphatic hydroxyl groups is 1. The SMILES string of the molecule is COc1ccc2c3c(n(C)c2c1)[C@@H](CO)N(C(=O)c1ccccc1)CC31CN(CC2CC2)C1. The first-order chi connectivity index (χ1) is 16.0. The lowest BCUT2D eigenvalue weighted by molar-refractivity contribution is -0.00308. The molecule has 1 N–H and O–H groups in total. The Morgan fingerprint density at radius 2 is 1.88 bits per heavy atom. The van der Waals surface area contributed by atoms with E-state index in [0.717, 1.165) is 42.5 Å². The van der Waals surface area contributed by atoms with Gasteiger partial charge in [-0.25, -0.2) is 0 Å². The Labute approximate surface area is 194 Å². The van der Waals surface area contributed by atoms with Crippen LogP contribution >= 0.6 is 0 Å². The first-order valence-corrected chi connectivity index (χ1v) is 11.9. The van der Waals surface area contributed by atoms with Gasteiger partial charge in [-0.05, 0) is 48.6 Å². The molecule has 1 amide bonds. The number of rotatable bonds is 5. The standard InChI is InChI=1S/C27H31N3O3/c1-28-22-12-20(33-2)10-11-21(22)24-25(28)23(14-31)30(26(32)19-6-4-3-5-7-19)17-27(24)15-29(16-27)13-18-8-9-18/h3-7,10-12,18,23,31H,8-9,13-17H2,1-2H3/t23-/m1/s1. The topological polar surface area (TPSA) is 57.9 Å². The van der Waals surface area contributed by atoms with Gasteiger partial charge in [0.15, 0.2) is 0 Å². The fraction of sp³-hybridized carbons (Fsp3) is 0.444. The van der Waals surface area contributed by atoms with Crippen LogP contribution in [0.25, 0.3) is 10.9 Å². The molecule has 33 heavy (non-hydrogen) atoms. The van der Waals surface area contributed by atoms with Crippen LogP contribution in [0.1, 0.15) is 40.5 Å². The molecule has 0 radical (unpaired) electrons. The number of hydrogen-bond donors (Lipinski definition) is 1. The summed E-state index contributed by atoms with van der Waals surface area (Å²) in [7, 11) is 3.73. The second kappa shape index (κ2) is 7.61. The number of aryl methyl sites for hydroxylation is 1. The fourth-order valence-corrected chi connectivity index (χ4v) is 6.18. The lowest BCUT2D eigenvalue weighted by atomic mass is 9.68. The summed E-state index contributed by atoms with van der Waals surface area (Å²) in [6, 6.07) is 15.3. The van der Waals surface area contributed by atoms with E-state index in [1.807, 2.05) is 48.3 Å². The summed E-state index contributed by atoms with van der Waals surface area (Å²) >= 11 is 0. The van der Waals surface area contributed by atoms with Gasteiger partial charge in [0.25, 0.3) is 5.91 Å². The Morgan fingerprint density at radius 3 is 2.55 bits per heavy atom. The molecule has 2 fully saturated rings. The molecule has 6 rings (SSSR count). The van der Waals surface area contributed by atoms with Crippen molar-refractivity contribution in [2.45, 2.75) is 24.3 Å². The van der Waals surface area contributed by atoms with Crippen molar-refractivity contribution in [2.24, 2.45) is 13.0 Å². The van der Waals surface area contributed by atoms with Gasteiger partial charge in [0.2, 0.25) is 0 Å². The number of likely N-dealkylation sites (tertiary alicyclic amines) is 1. The Morgan fingerprint density at radius 1 is 1.12 bits per heavy atom. The number of methoxy groups -OCH3 is 1. The highest BCUT2D eigenvalue weighted by Gasteiger charge is 2.54. The molecule has 3 aromatic rings. The molecule has 3 heterocycles. The van der Waals surface area contributed by atoms with Gasteiger partial charge in [-0.2, -0.15) is 0 Å². The molecule has 3 aliphatic rings. The Bertz CT molecular complexity index is 1210. The second-order valence-corrected chi connectivity index (χ2v) is 10.1. The third kappa shape index (κ3) is 3.19. The van der Waals surface area contributed by atoms with Gasteiger partial charge in [-0.1, -0.05) is 18.2 Å². The van der Waals surface area contributed by atoms with Crippen LogP contribution in [0.15, 0.2) is 48.5 Å². The second-order valence-electron chi connectivity index (χ2n) is 10.1. The number of ether oxygens (including phenoxy) is 1. The lowest BCUT2D eigenvalue weighted by Gasteiger charge is -2.56. The molecule has 1 aromatic heterocycles. The smallest absolute Gasteiger partial charge is 0.254 e. The molecule has 1 saturated heterocycles. The zero-order valence-corrected chi connectivity index (χ0v) is 19.3. The molecular formula is C27H31N3O3. The van der Waals surface area contributed by atoms with Crippen molar-refractivity contribution in [1.82, 2.24) is 14.4 Å². The number of nitrogens with zero attached hydrogens (tertiary/aromatic N) is 3. The summed E-state index contributed by atoms with van der Waals surface area (Å²) in [5.74, 6) is 1.65. The van der Waals surface area contributed by atoms with E-state index in [-0.39, 0.29) is 24.0 Å². The van der Waals surface area contributed by atoms with Crippen molar-refractivity contribution in [3.05, 3.63) is 65.4 Å². The largest absolute Gasteiger partial charge is 0.497 e. The number of aliphatic hydroxyl groups excluding tert-OH is 1. The zero-order chi connectivity index (χ0) is 22.7. The number of aromatic nitrogens is 1. The fourth-order valence-electron chi connectivity index (χ4n) is 6.18. The van der Waals surface area contributed by atoms with E-state index in [0.29, 0.717) is 12.1 Å². The van der Waals surface area contributed by atoms with Crippen molar-refractivity contribution in [1.29, 1.82) is 0 Å². The lowest BCUT2D eigenvalue weighted by Crippen LogP contribution is -2.67. The molecule has 1 saturated carbocycles. The van der Waals surface area contributed by atoms with E-state index >= 15 is 0 Å². The number of hydrogen-bond acceptors (Lipinski definition) is 4. The summed E-state index contributed by atoms with van der Waals surface area (Å²) < 4.78 is 7.67. The minimum atomic E-state index is -0.376. The predicted molar refractivity (Wildman–Crippen MR) is 128 cm³/mol. The summed E-state index contributed by atoms with van der Waals surface area (Å²) in [5.41, 5.74) is 4.01. The summed E-state index contributed by atoms with van der Waals surface area (Å²) in [5, 5.41) is 11.8. The predicted octanol–water partition coefficient (Wildman–Crippen LogP) is 3.34. The Balaban J connectivity index is 1.49. The number of benzene rings is 2. The molecule has 1 atom stereocenters. The van der Waals surface area contributed by atoms with Crippen LogP contribution in [-0.4, -0.2) is 65.3 Å². The van der Waals surface area contributed by atoms with Gasteiger partial charge in [0, 0.05) is 61.4 Å². The maximum atomic E-state index is 13.7. The van der Waals surface area contributed by atoms with E-state index < -0.39 is 0 Å². The molecule has 0 bridgehead atoms. The van der Waals surface area contributed by atoms with Crippen LogP contribution in [0.4, 0.5) is 0 Å². The first-order valence-electron chi connectivity index (χ1n) is 11.9. The van der Waals surface area contributed by atoms with Crippen molar-refractivity contribution in [3.8, 4) is 5.75 Å². The monoisotopic (exact) mass is 445 g/mol. The average Bonchev–Trinajstić information content (AvgIpc) is 3.60. The van der Waals surface area contributed by atoms with E-state index in [4.69, 9.17) is 4.74 Å². The molecule has 2 aromatic carbocycles. The summed E-state index contributed by atoms with van der Waals surface area (Å²) in [6.45, 7) is 3.60. The number of fused-ring (bicyclic) bond motifs is 4. The third-order valence-electron chi connectivity index (χ3n) is 7.87. The van der Waals surface area contributed by atoms with Gasteiger partial charge < -0.3 is 24.2 Å². The van der Waals surface area contributed by atoms with Crippen LogP contribution in [0.2, 0.25) is 0 Å². The molecule has 2 aliphatic heterocycles.